The SMILES string of the molecule is CCP1(I)(CC)CCP(I)(CC)(CC)c2ccccc2-c2ccccc21. The molecule has 2 aromatic rings. The molecule has 1 heterocycles. The van der Waals surface area contributed by atoms with Crippen LogP contribution in [0.3, 0.4) is 0 Å². The summed E-state index contributed by atoms with van der Waals surface area (Å²) in [6.07, 6.45) is 8.09. The van der Waals surface area contributed by atoms with Crippen molar-refractivity contribution < 1.29 is 0 Å². The second-order valence-corrected chi connectivity index (χ2v) is 33.8. The number of fused-ring (bicyclic) bond motifs is 3. The monoisotopic (exact) mass is 612 g/mol. The molecule has 0 atom stereocenters. The summed E-state index contributed by atoms with van der Waals surface area (Å²) in [5.41, 5.74) is 3.07. The van der Waals surface area contributed by atoms with Crippen molar-refractivity contribution in [1.29, 1.82) is 0 Å². The Morgan fingerprint density at radius 2 is 0.923 bits per heavy atom. The van der Waals surface area contributed by atoms with Gasteiger partial charge in [-0.3, -0.25) is 0 Å². The van der Waals surface area contributed by atoms with Gasteiger partial charge in [-0.2, -0.15) is 0 Å². The fraction of sp³-hybridized carbons (Fsp3) is 0.455. The summed E-state index contributed by atoms with van der Waals surface area (Å²) < 4.78 is -3.94. The van der Waals surface area contributed by atoms with Crippen LogP contribution in [0, 0.1) is 0 Å². The molecule has 0 radical (unpaired) electrons. The van der Waals surface area contributed by atoms with Crippen molar-refractivity contribution in [2.24, 2.45) is 0 Å². The molecular formula is C22H32I2P2. The van der Waals surface area contributed by atoms with Gasteiger partial charge >= 0.3 is 188 Å². The maximum atomic E-state index is 2.99. The van der Waals surface area contributed by atoms with Gasteiger partial charge in [-0.1, -0.05) is 0 Å². The summed E-state index contributed by atoms with van der Waals surface area (Å²) >= 11 is 5.98. The average molecular weight is 612 g/mol. The van der Waals surface area contributed by atoms with Gasteiger partial charge in [-0.05, 0) is 0 Å². The molecule has 0 amide bonds. The van der Waals surface area contributed by atoms with Crippen LogP contribution >= 0.6 is 52.6 Å². The Balaban J connectivity index is 2.49. The van der Waals surface area contributed by atoms with Crippen LogP contribution in [-0.2, 0) is 0 Å². The minimum absolute atomic E-state index is 1.32. The summed E-state index contributed by atoms with van der Waals surface area (Å²) in [5.74, 6) is 0. The molecule has 2 aromatic carbocycles. The van der Waals surface area contributed by atoms with E-state index in [0.717, 1.165) is 0 Å². The molecule has 0 N–H and O–H groups in total. The summed E-state index contributed by atoms with van der Waals surface area (Å²) in [6, 6.07) is 18.8. The Labute approximate surface area is 186 Å². The van der Waals surface area contributed by atoms with Crippen molar-refractivity contribution in [1.82, 2.24) is 0 Å². The zero-order valence-electron chi connectivity index (χ0n) is 16.5. The first-order chi connectivity index (χ1) is 12.3. The van der Waals surface area contributed by atoms with Gasteiger partial charge in [0.1, 0.15) is 0 Å². The Bertz CT molecular complexity index is 753. The van der Waals surface area contributed by atoms with Crippen LogP contribution in [0.2, 0.25) is 0 Å². The Morgan fingerprint density at radius 3 is 1.23 bits per heavy atom. The van der Waals surface area contributed by atoms with Gasteiger partial charge in [0, 0.05) is 0 Å². The van der Waals surface area contributed by atoms with E-state index in [0.29, 0.717) is 0 Å². The first kappa shape index (κ1) is 21.5. The molecule has 0 spiro atoms. The van der Waals surface area contributed by atoms with E-state index in [1.54, 1.807) is 10.6 Å². The standard InChI is InChI=1S/C22H32I2P2/c1-5-25(23,6-2)17-18-26(24,7-3,8-4)22-16-12-10-14-20(22)19-13-9-11-15-21(19)25/h9-16H,5-8,17-18H2,1-4H3. The molecule has 1 aliphatic heterocycles. The Kier molecular flexibility index (Phi) is 5.96. The fourth-order valence-electron chi connectivity index (χ4n) is 4.84. The Morgan fingerprint density at radius 1 is 0.615 bits per heavy atom. The fourth-order valence-corrected chi connectivity index (χ4v) is 21.4. The number of rotatable bonds is 4. The van der Waals surface area contributed by atoms with E-state index in [4.69, 9.17) is 0 Å². The average Bonchev–Trinajstić information content (AvgIpc) is 2.72. The van der Waals surface area contributed by atoms with Gasteiger partial charge < -0.3 is 0 Å². The van der Waals surface area contributed by atoms with Crippen molar-refractivity contribution in [3.05, 3.63) is 48.5 Å². The number of benzene rings is 2. The van der Waals surface area contributed by atoms with Gasteiger partial charge in [-0.25, -0.2) is 0 Å². The van der Waals surface area contributed by atoms with Crippen LogP contribution in [-0.4, -0.2) is 37.0 Å². The summed E-state index contributed by atoms with van der Waals surface area (Å²) in [4.78, 5) is 0. The van der Waals surface area contributed by atoms with E-state index in [2.05, 4.69) is 120 Å². The third-order valence-electron chi connectivity index (χ3n) is 7.33. The molecule has 0 saturated heterocycles. The molecular weight excluding hydrogens is 580 g/mol. The maximum absolute atomic E-state index is 2.99. The van der Waals surface area contributed by atoms with Gasteiger partial charge in [0.15, 0.2) is 0 Å². The van der Waals surface area contributed by atoms with Crippen LogP contribution in [0.1, 0.15) is 27.7 Å². The second kappa shape index (κ2) is 7.22. The molecule has 0 unspecified atom stereocenters. The number of hydrogen-bond donors (Lipinski definition) is 0. The van der Waals surface area contributed by atoms with Crippen LogP contribution in [0.15, 0.2) is 48.5 Å². The van der Waals surface area contributed by atoms with E-state index >= 15 is 0 Å². The first-order valence-electron chi connectivity index (χ1n) is 9.92. The van der Waals surface area contributed by atoms with Crippen LogP contribution in [0.25, 0.3) is 11.1 Å². The Hall–Kier alpha value is 0.760. The summed E-state index contributed by atoms with van der Waals surface area (Å²) in [7, 11) is 0. The van der Waals surface area contributed by atoms with Crippen LogP contribution in [0.4, 0.5) is 0 Å². The third-order valence-corrected chi connectivity index (χ3v) is 33.4. The van der Waals surface area contributed by atoms with Crippen molar-refractivity contribution in [3.63, 3.8) is 0 Å². The van der Waals surface area contributed by atoms with Crippen molar-refractivity contribution in [2.45, 2.75) is 27.7 Å². The van der Waals surface area contributed by atoms with E-state index in [9.17, 15) is 0 Å². The first-order valence-corrected chi connectivity index (χ1v) is 21.1. The molecule has 4 heteroatoms. The van der Waals surface area contributed by atoms with Crippen molar-refractivity contribution in [2.75, 3.05) is 37.0 Å². The molecule has 0 fully saturated rings. The third kappa shape index (κ3) is 3.04. The topological polar surface area (TPSA) is 0 Å². The molecule has 26 heavy (non-hydrogen) atoms. The number of halogens is 2. The predicted molar refractivity (Wildman–Crippen MR) is 145 cm³/mol. The van der Waals surface area contributed by atoms with Crippen molar-refractivity contribution >= 4 is 63.2 Å². The van der Waals surface area contributed by atoms with E-state index < -0.39 is 8.49 Å². The number of hydrogen-bond acceptors (Lipinski definition) is 0. The predicted octanol–water partition coefficient (Wildman–Crippen LogP) is 7.50. The molecule has 0 bridgehead atoms. The molecule has 1 aliphatic rings. The molecule has 0 aromatic heterocycles. The van der Waals surface area contributed by atoms with Gasteiger partial charge in [0.2, 0.25) is 0 Å². The van der Waals surface area contributed by atoms with E-state index in [1.165, 1.54) is 48.1 Å². The van der Waals surface area contributed by atoms with Crippen LogP contribution < -0.4 is 10.6 Å². The van der Waals surface area contributed by atoms with E-state index in [-0.39, 0.29) is 0 Å². The zero-order chi connectivity index (χ0) is 19.1. The molecule has 0 nitrogen and oxygen atoms in total. The molecule has 3 rings (SSSR count). The minimum atomic E-state index is -1.97. The van der Waals surface area contributed by atoms with Crippen LogP contribution in [0.5, 0.6) is 0 Å². The molecule has 144 valence electrons. The second-order valence-electron chi connectivity index (χ2n) is 7.92. The summed E-state index contributed by atoms with van der Waals surface area (Å²) in [6.45, 7) is 9.83. The summed E-state index contributed by atoms with van der Waals surface area (Å²) in [5, 5.41) is 3.37. The van der Waals surface area contributed by atoms with Gasteiger partial charge in [0.05, 0.1) is 0 Å². The van der Waals surface area contributed by atoms with Gasteiger partial charge in [-0.15, -0.1) is 0 Å². The normalized spacial score (nSPS) is 25.0. The molecule has 0 saturated carbocycles. The van der Waals surface area contributed by atoms with Crippen molar-refractivity contribution in [3.8, 4) is 11.1 Å². The van der Waals surface area contributed by atoms with Gasteiger partial charge in [0.25, 0.3) is 0 Å². The van der Waals surface area contributed by atoms with E-state index in [1.807, 2.05) is 0 Å². The zero-order valence-corrected chi connectivity index (χ0v) is 22.6. The molecule has 0 aliphatic carbocycles. The quantitative estimate of drug-likeness (QED) is 0.248.